The SMILES string of the molecule is Cc1ccc(NC(=O)[C@H]2CCS(=O)(=O)C2)cc1S(=O)(=O)Nc1ccccc1F. The Morgan fingerprint density at radius 2 is 1.89 bits per heavy atom. The van der Waals surface area contributed by atoms with Crippen molar-refractivity contribution in [2.45, 2.75) is 18.2 Å². The van der Waals surface area contributed by atoms with Gasteiger partial charge in [-0.25, -0.2) is 21.2 Å². The molecule has 1 amide bonds. The van der Waals surface area contributed by atoms with E-state index in [9.17, 15) is 26.0 Å². The van der Waals surface area contributed by atoms with Crippen molar-refractivity contribution in [1.82, 2.24) is 0 Å². The van der Waals surface area contributed by atoms with E-state index < -0.39 is 37.5 Å². The molecule has 1 heterocycles. The van der Waals surface area contributed by atoms with Gasteiger partial charge in [0.15, 0.2) is 9.84 Å². The Balaban J connectivity index is 1.83. The molecule has 0 bridgehead atoms. The van der Waals surface area contributed by atoms with E-state index >= 15 is 0 Å². The third kappa shape index (κ3) is 4.50. The number of hydrogen-bond donors (Lipinski definition) is 2. The van der Waals surface area contributed by atoms with Gasteiger partial charge in [-0.3, -0.25) is 9.52 Å². The van der Waals surface area contributed by atoms with Crippen LogP contribution in [0.4, 0.5) is 15.8 Å². The number of carbonyl (C=O) groups excluding carboxylic acids is 1. The molecule has 0 radical (unpaired) electrons. The van der Waals surface area contributed by atoms with Gasteiger partial charge in [-0.2, -0.15) is 0 Å². The summed E-state index contributed by atoms with van der Waals surface area (Å²) in [5.41, 5.74) is 0.437. The van der Waals surface area contributed by atoms with E-state index in [1.165, 1.54) is 36.4 Å². The largest absolute Gasteiger partial charge is 0.326 e. The molecule has 2 N–H and O–H groups in total. The highest BCUT2D eigenvalue weighted by molar-refractivity contribution is 7.92. The number of carbonyl (C=O) groups is 1. The van der Waals surface area contributed by atoms with Gasteiger partial charge in [-0.05, 0) is 43.2 Å². The van der Waals surface area contributed by atoms with Crippen molar-refractivity contribution in [3.63, 3.8) is 0 Å². The summed E-state index contributed by atoms with van der Waals surface area (Å²) in [6.07, 6.45) is 0.236. The van der Waals surface area contributed by atoms with E-state index in [4.69, 9.17) is 0 Å². The topological polar surface area (TPSA) is 109 Å². The molecule has 150 valence electrons. The van der Waals surface area contributed by atoms with Crippen LogP contribution in [0.5, 0.6) is 0 Å². The van der Waals surface area contributed by atoms with Gasteiger partial charge in [0.1, 0.15) is 5.82 Å². The Bertz CT molecular complexity index is 1130. The number of amides is 1. The molecular weight excluding hydrogens is 407 g/mol. The van der Waals surface area contributed by atoms with Crippen LogP contribution < -0.4 is 10.0 Å². The lowest BCUT2D eigenvalue weighted by Gasteiger charge is -2.14. The first kappa shape index (κ1) is 20.3. The Morgan fingerprint density at radius 3 is 2.54 bits per heavy atom. The predicted octanol–water partition coefficient (Wildman–Crippen LogP) is 2.31. The molecular formula is C18H19FN2O5S2. The summed E-state index contributed by atoms with van der Waals surface area (Å²) in [6.45, 7) is 1.57. The van der Waals surface area contributed by atoms with Crippen LogP contribution >= 0.6 is 0 Å². The maximum Gasteiger partial charge on any atom is 0.262 e. The second-order valence-corrected chi connectivity index (χ2v) is 10.5. The molecule has 1 saturated heterocycles. The number of nitrogens with one attached hydrogen (secondary N) is 2. The fourth-order valence-corrected chi connectivity index (χ4v) is 6.04. The molecule has 0 aliphatic carbocycles. The molecule has 1 fully saturated rings. The van der Waals surface area contributed by atoms with E-state index in [0.717, 1.165) is 6.07 Å². The normalized spacial score (nSPS) is 18.6. The second-order valence-electron chi connectivity index (χ2n) is 6.65. The van der Waals surface area contributed by atoms with Crippen molar-refractivity contribution in [2.24, 2.45) is 5.92 Å². The number of sulfonamides is 1. The highest BCUT2D eigenvalue weighted by Gasteiger charge is 2.33. The van der Waals surface area contributed by atoms with Crippen molar-refractivity contribution >= 4 is 37.1 Å². The van der Waals surface area contributed by atoms with Crippen LogP contribution in [0.1, 0.15) is 12.0 Å². The van der Waals surface area contributed by atoms with Gasteiger partial charge in [0.25, 0.3) is 10.0 Å². The van der Waals surface area contributed by atoms with Gasteiger partial charge >= 0.3 is 0 Å². The zero-order valence-electron chi connectivity index (χ0n) is 15.0. The molecule has 10 heteroatoms. The van der Waals surface area contributed by atoms with Crippen LogP contribution in [0.15, 0.2) is 47.4 Å². The third-order valence-electron chi connectivity index (χ3n) is 4.47. The summed E-state index contributed by atoms with van der Waals surface area (Å²) in [6, 6.07) is 9.68. The number of rotatable bonds is 5. The first-order chi connectivity index (χ1) is 13.1. The van der Waals surface area contributed by atoms with E-state index in [0.29, 0.717) is 5.56 Å². The average Bonchev–Trinajstić information content (AvgIpc) is 2.98. The molecule has 7 nitrogen and oxygen atoms in total. The van der Waals surface area contributed by atoms with Gasteiger partial charge in [-0.1, -0.05) is 18.2 Å². The number of para-hydroxylation sites is 1. The minimum atomic E-state index is -4.10. The number of halogens is 1. The minimum Gasteiger partial charge on any atom is -0.326 e. The second kappa shape index (κ2) is 7.51. The summed E-state index contributed by atoms with van der Waals surface area (Å²) in [4.78, 5) is 12.2. The van der Waals surface area contributed by atoms with E-state index in [1.807, 2.05) is 0 Å². The maximum atomic E-state index is 13.8. The van der Waals surface area contributed by atoms with Crippen LogP contribution in [0.2, 0.25) is 0 Å². The van der Waals surface area contributed by atoms with E-state index in [2.05, 4.69) is 10.0 Å². The first-order valence-electron chi connectivity index (χ1n) is 8.47. The molecule has 1 aliphatic heterocycles. The zero-order valence-corrected chi connectivity index (χ0v) is 16.6. The molecule has 0 unspecified atom stereocenters. The average molecular weight is 426 g/mol. The number of hydrogen-bond acceptors (Lipinski definition) is 5. The standard InChI is InChI=1S/C18H19FN2O5S2/c1-12-6-7-14(20-18(22)13-8-9-27(23,24)11-13)10-17(12)28(25,26)21-16-5-3-2-4-15(16)19/h2-7,10,13,21H,8-9,11H2,1H3,(H,20,22)/t13-/m0/s1. The summed E-state index contributed by atoms with van der Waals surface area (Å²) in [5, 5.41) is 2.57. The summed E-state index contributed by atoms with van der Waals surface area (Å²) >= 11 is 0. The number of anilines is 2. The first-order valence-corrected chi connectivity index (χ1v) is 11.8. The minimum absolute atomic E-state index is 0.0365. The van der Waals surface area contributed by atoms with E-state index in [-0.39, 0.29) is 34.2 Å². The van der Waals surface area contributed by atoms with E-state index in [1.54, 1.807) is 6.92 Å². The Kier molecular flexibility index (Phi) is 5.44. The van der Waals surface area contributed by atoms with Crippen molar-refractivity contribution in [3.8, 4) is 0 Å². The Labute approximate surface area is 162 Å². The highest BCUT2D eigenvalue weighted by atomic mass is 32.2. The molecule has 0 spiro atoms. The molecule has 1 atom stereocenters. The van der Waals surface area contributed by atoms with Crippen LogP contribution in [0, 0.1) is 18.7 Å². The molecule has 28 heavy (non-hydrogen) atoms. The monoisotopic (exact) mass is 426 g/mol. The van der Waals surface area contributed by atoms with Crippen LogP contribution in [0.3, 0.4) is 0 Å². The fourth-order valence-electron chi connectivity index (χ4n) is 2.96. The lowest BCUT2D eigenvalue weighted by molar-refractivity contribution is -0.119. The predicted molar refractivity (Wildman–Crippen MR) is 104 cm³/mol. The van der Waals surface area contributed by atoms with Crippen molar-refractivity contribution in [3.05, 3.63) is 53.8 Å². The molecule has 0 saturated carbocycles. The van der Waals surface area contributed by atoms with Crippen molar-refractivity contribution in [2.75, 3.05) is 21.5 Å². The summed E-state index contributed by atoms with van der Waals surface area (Å²) < 4.78 is 64.4. The van der Waals surface area contributed by atoms with Crippen LogP contribution in [0.25, 0.3) is 0 Å². The summed E-state index contributed by atoms with van der Waals surface area (Å²) in [5.74, 6) is -2.11. The molecule has 0 aromatic heterocycles. The van der Waals surface area contributed by atoms with Gasteiger partial charge in [-0.15, -0.1) is 0 Å². The maximum absolute atomic E-state index is 13.8. The number of sulfone groups is 1. The van der Waals surface area contributed by atoms with Gasteiger partial charge in [0.2, 0.25) is 5.91 Å². The Morgan fingerprint density at radius 1 is 1.18 bits per heavy atom. The lowest BCUT2D eigenvalue weighted by Crippen LogP contribution is -2.24. The molecule has 2 aromatic rings. The fraction of sp³-hybridized carbons (Fsp3) is 0.278. The molecule has 1 aliphatic rings. The molecule has 3 rings (SSSR count). The summed E-state index contributed by atoms with van der Waals surface area (Å²) in [7, 11) is -7.31. The third-order valence-corrected chi connectivity index (χ3v) is 7.74. The van der Waals surface area contributed by atoms with Crippen LogP contribution in [-0.2, 0) is 24.7 Å². The van der Waals surface area contributed by atoms with Crippen LogP contribution in [-0.4, -0.2) is 34.2 Å². The van der Waals surface area contributed by atoms with Crippen molar-refractivity contribution < 1.29 is 26.0 Å². The lowest BCUT2D eigenvalue weighted by atomic mass is 10.1. The number of benzene rings is 2. The number of aryl methyl sites for hydroxylation is 1. The van der Waals surface area contributed by atoms with Gasteiger partial charge in [0.05, 0.1) is 28.0 Å². The molecule has 2 aromatic carbocycles. The Hall–Kier alpha value is -2.46. The van der Waals surface area contributed by atoms with Gasteiger partial charge < -0.3 is 5.32 Å². The smallest absolute Gasteiger partial charge is 0.262 e. The van der Waals surface area contributed by atoms with Crippen molar-refractivity contribution in [1.29, 1.82) is 0 Å². The highest BCUT2D eigenvalue weighted by Crippen LogP contribution is 2.25. The quantitative estimate of drug-likeness (QED) is 0.763. The van der Waals surface area contributed by atoms with Gasteiger partial charge in [0, 0.05) is 5.69 Å². The zero-order chi connectivity index (χ0) is 20.5.